The molecule has 0 saturated carbocycles. The Morgan fingerprint density at radius 3 is 3.22 bits per heavy atom. The summed E-state index contributed by atoms with van der Waals surface area (Å²) >= 11 is 3.46. The number of pyridine rings is 1. The fourth-order valence-electron chi connectivity index (χ4n) is 2.74. The highest BCUT2D eigenvalue weighted by molar-refractivity contribution is 9.10. The van der Waals surface area contributed by atoms with Gasteiger partial charge in [-0.15, -0.1) is 0 Å². The molecule has 0 bridgehead atoms. The van der Waals surface area contributed by atoms with Gasteiger partial charge in [0.2, 0.25) is 0 Å². The number of nitrogens with zero attached hydrogens (tertiary/aromatic N) is 4. The van der Waals surface area contributed by atoms with Crippen LogP contribution in [0.4, 0.5) is 0 Å². The maximum absolute atomic E-state index is 4.60. The van der Waals surface area contributed by atoms with Crippen LogP contribution in [0, 0.1) is 0 Å². The molecule has 0 radical (unpaired) electrons. The molecule has 0 aromatic carbocycles. The predicted octanol–water partition coefficient (Wildman–Crippen LogP) is 2.52. The van der Waals surface area contributed by atoms with E-state index < -0.39 is 0 Å². The third-order valence-electron chi connectivity index (χ3n) is 3.67. The molecule has 1 aliphatic rings. The quantitative estimate of drug-likeness (QED) is 0.873. The molecule has 0 N–H and O–H groups in total. The second-order valence-corrected chi connectivity index (χ2v) is 5.72. The van der Waals surface area contributed by atoms with E-state index in [1.165, 1.54) is 19.4 Å². The largest absolute Gasteiger partial charge is 0.300 e. The van der Waals surface area contributed by atoms with E-state index in [-0.39, 0.29) is 0 Å². The molecular formula is C13H17BrN4. The summed E-state index contributed by atoms with van der Waals surface area (Å²) in [5.74, 6) is 0.957. The topological polar surface area (TPSA) is 33.4 Å². The van der Waals surface area contributed by atoms with Gasteiger partial charge < -0.3 is 4.90 Å². The minimum absolute atomic E-state index is 0.621. The Morgan fingerprint density at radius 2 is 2.39 bits per heavy atom. The molecule has 1 fully saturated rings. The van der Waals surface area contributed by atoms with Gasteiger partial charge in [0.1, 0.15) is 0 Å². The van der Waals surface area contributed by atoms with Gasteiger partial charge in [0.15, 0.2) is 11.5 Å². The smallest absolute Gasteiger partial charge is 0.156 e. The van der Waals surface area contributed by atoms with E-state index in [1.54, 1.807) is 0 Å². The zero-order valence-electron chi connectivity index (χ0n) is 10.5. The van der Waals surface area contributed by atoms with Crippen molar-refractivity contribution in [2.24, 2.45) is 0 Å². The van der Waals surface area contributed by atoms with Gasteiger partial charge in [0, 0.05) is 23.1 Å². The molecule has 3 heterocycles. The van der Waals surface area contributed by atoms with Gasteiger partial charge >= 0.3 is 0 Å². The van der Waals surface area contributed by atoms with Crippen LogP contribution in [-0.2, 0) is 6.42 Å². The van der Waals surface area contributed by atoms with Gasteiger partial charge in [-0.1, -0.05) is 22.9 Å². The van der Waals surface area contributed by atoms with Crippen molar-refractivity contribution >= 4 is 21.6 Å². The van der Waals surface area contributed by atoms with E-state index in [4.69, 9.17) is 0 Å². The Morgan fingerprint density at radius 1 is 1.50 bits per heavy atom. The Bertz CT molecular complexity index is 551. The third-order valence-corrected chi connectivity index (χ3v) is 4.16. The van der Waals surface area contributed by atoms with Gasteiger partial charge in [-0.2, -0.15) is 5.10 Å². The Kier molecular flexibility index (Phi) is 3.35. The minimum Gasteiger partial charge on any atom is -0.300 e. The number of likely N-dealkylation sites (tertiary alicyclic amines) is 1. The number of halogens is 1. The molecule has 0 aliphatic carbocycles. The predicted molar refractivity (Wildman–Crippen MR) is 74.7 cm³/mol. The normalized spacial score (nSPS) is 20.9. The average molecular weight is 309 g/mol. The molecule has 0 spiro atoms. The number of likely N-dealkylation sites (N-methyl/N-ethyl adjacent to an activating group) is 1. The first-order valence-corrected chi connectivity index (χ1v) is 7.30. The average Bonchev–Trinajstić information content (AvgIpc) is 2.94. The molecule has 96 valence electrons. The monoisotopic (exact) mass is 308 g/mol. The highest BCUT2D eigenvalue weighted by Crippen LogP contribution is 2.20. The number of hydrogen-bond acceptors (Lipinski definition) is 3. The lowest BCUT2D eigenvalue weighted by atomic mass is 10.1. The summed E-state index contributed by atoms with van der Waals surface area (Å²) in [4.78, 5) is 7.13. The van der Waals surface area contributed by atoms with Crippen LogP contribution in [0.25, 0.3) is 5.65 Å². The van der Waals surface area contributed by atoms with Crippen LogP contribution in [0.5, 0.6) is 0 Å². The Labute approximate surface area is 115 Å². The van der Waals surface area contributed by atoms with E-state index >= 15 is 0 Å². The van der Waals surface area contributed by atoms with Crippen molar-refractivity contribution < 1.29 is 0 Å². The molecule has 1 atom stereocenters. The molecule has 3 rings (SSSR count). The molecule has 5 heteroatoms. The molecule has 1 saturated heterocycles. The summed E-state index contributed by atoms with van der Waals surface area (Å²) < 4.78 is 2.90. The minimum atomic E-state index is 0.621. The van der Waals surface area contributed by atoms with Gasteiger partial charge in [0.05, 0.1) is 0 Å². The van der Waals surface area contributed by atoms with E-state index in [9.17, 15) is 0 Å². The van der Waals surface area contributed by atoms with Crippen molar-refractivity contribution in [3.8, 4) is 0 Å². The lowest BCUT2D eigenvalue weighted by molar-refractivity contribution is 0.263. The Hall–Kier alpha value is -0.940. The molecule has 2 aromatic heterocycles. The van der Waals surface area contributed by atoms with Crippen LogP contribution in [0.1, 0.15) is 25.6 Å². The van der Waals surface area contributed by atoms with Crippen LogP contribution >= 0.6 is 15.9 Å². The fraction of sp³-hybridized carbons (Fsp3) is 0.538. The number of aromatic nitrogens is 3. The van der Waals surface area contributed by atoms with Crippen LogP contribution in [-0.4, -0.2) is 38.6 Å². The van der Waals surface area contributed by atoms with Gasteiger partial charge in [0.25, 0.3) is 0 Å². The summed E-state index contributed by atoms with van der Waals surface area (Å²) in [6.45, 7) is 4.58. The van der Waals surface area contributed by atoms with E-state index in [2.05, 4.69) is 37.8 Å². The fourth-order valence-corrected chi connectivity index (χ4v) is 3.07. The maximum atomic E-state index is 4.60. The molecule has 18 heavy (non-hydrogen) atoms. The summed E-state index contributed by atoms with van der Waals surface area (Å²) in [6, 6.07) is 4.61. The summed E-state index contributed by atoms with van der Waals surface area (Å²) in [5.41, 5.74) is 0.917. The van der Waals surface area contributed by atoms with Crippen LogP contribution in [0.3, 0.4) is 0 Å². The maximum Gasteiger partial charge on any atom is 0.156 e. The second kappa shape index (κ2) is 4.97. The van der Waals surface area contributed by atoms with Crippen molar-refractivity contribution in [3.05, 3.63) is 28.6 Å². The number of fused-ring (bicyclic) bond motifs is 1. The first-order chi connectivity index (χ1) is 8.76. The Balaban J connectivity index is 1.82. The van der Waals surface area contributed by atoms with E-state index in [1.807, 2.05) is 22.8 Å². The van der Waals surface area contributed by atoms with Crippen LogP contribution in [0.2, 0.25) is 0 Å². The van der Waals surface area contributed by atoms with Gasteiger partial charge in [-0.25, -0.2) is 9.50 Å². The zero-order valence-corrected chi connectivity index (χ0v) is 12.1. The van der Waals surface area contributed by atoms with Crippen molar-refractivity contribution in [2.45, 2.75) is 32.2 Å². The highest BCUT2D eigenvalue weighted by Gasteiger charge is 2.24. The molecule has 0 amide bonds. The number of rotatable bonds is 3. The molecule has 1 unspecified atom stereocenters. The standard InChI is InChI=1S/C13H17BrN4/c1-2-17-6-3-4-11(17)9-12-15-13-8-10(14)5-7-18(13)16-12/h5,7-8,11H,2-4,6,9H2,1H3. The lowest BCUT2D eigenvalue weighted by Gasteiger charge is -2.21. The first kappa shape index (κ1) is 12.1. The van der Waals surface area contributed by atoms with Crippen LogP contribution < -0.4 is 0 Å². The highest BCUT2D eigenvalue weighted by atomic mass is 79.9. The van der Waals surface area contributed by atoms with Crippen LogP contribution in [0.15, 0.2) is 22.8 Å². The van der Waals surface area contributed by atoms with Crippen molar-refractivity contribution in [1.82, 2.24) is 19.5 Å². The van der Waals surface area contributed by atoms with Gasteiger partial charge in [-0.3, -0.25) is 0 Å². The second-order valence-electron chi connectivity index (χ2n) is 4.80. The van der Waals surface area contributed by atoms with Gasteiger partial charge in [-0.05, 0) is 38.1 Å². The van der Waals surface area contributed by atoms with Crippen molar-refractivity contribution in [1.29, 1.82) is 0 Å². The molecule has 4 nitrogen and oxygen atoms in total. The van der Waals surface area contributed by atoms with Crippen molar-refractivity contribution in [2.75, 3.05) is 13.1 Å². The van der Waals surface area contributed by atoms with E-state index in [0.29, 0.717) is 6.04 Å². The lowest BCUT2D eigenvalue weighted by Crippen LogP contribution is -2.31. The SMILES string of the molecule is CCN1CCCC1Cc1nc2cc(Br)ccn2n1. The summed E-state index contributed by atoms with van der Waals surface area (Å²) in [7, 11) is 0. The molecule has 1 aliphatic heterocycles. The summed E-state index contributed by atoms with van der Waals surface area (Å²) in [6.07, 6.45) is 5.49. The molecule has 2 aromatic rings. The third kappa shape index (κ3) is 2.29. The molecular weight excluding hydrogens is 292 g/mol. The zero-order chi connectivity index (χ0) is 12.5. The van der Waals surface area contributed by atoms with Crippen molar-refractivity contribution in [3.63, 3.8) is 0 Å². The number of hydrogen-bond donors (Lipinski definition) is 0. The summed E-state index contributed by atoms with van der Waals surface area (Å²) in [5, 5.41) is 4.54. The first-order valence-electron chi connectivity index (χ1n) is 6.51. The van der Waals surface area contributed by atoms with E-state index in [0.717, 1.165) is 28.9 Å².